The number of carbonyl (C=O) groups is 3. The van der Waals surface area contributed by atoms with Gasteiger partial charge < -0.3 is 10.2 Å². The zero-order valence-corrected chi connectivity index (χ0v) is 27.3. The summed E-state index contributed by atoms with van der Waals surface area (Å²) >= 11 is 2.16. The first-order valence-corrected chi connectivity index (χ1v) is 17.1. The molecule has 7 rings (SSSR count). The molecule has 0 aliphatic carbocycles. The number of hydrogen-bond acceptors (Lipinski definition) is 7. The maximum absolute atomic E-state index is 14.1. The van der Waals surface area contributed by atoms with Gasteiger partial charge in [0.1, 0.15) is 17.6 Å². The molecular formula is C36H31FN4O4S2. The highest BCUT2D eigenvalue weighted by atomic mass is 32.2. The van der Waals surface area contributed by atoms with Gasteiger partial charge in [0, 0.05) is 35.3 Å². The van der Waals surface area contributed by atoms with E-state index in [4.69, 9.17) is 0 Å². The minimum absolute atomic E-state index is 0.251. The molecule has 2 unspecified atom stereocenters. The van der Waals surface area contributed by atoms with Gasteiger partial charge in [0.05, 0.1) is 16.6 Å². The monoisotopic (exact) mass is 666 g/mol. The highest BCUT2D eigenvalue weighted by Gasteiger charge is 2.56. The molecule has 1 saturated heterocycles. The molecule has 238 valence electrons. The largest absolute Gasteiger partial charge is 0.372 e. The van der Waals surface area contributed by atoms with Gasteiger partial charge in [-0.1, -0.05) is 65.6 Å². The lowest BCUT2D eigenvalue weighted by atomic mass is 9.83. The second kappa shape index (κ2) is 12.5. The maximum Gasteiger partial charge on any atom is 0.308 e. The van der Waals surface area contributed by atoms with E-state index in [1.54, 1.807) is 0 Å². The molecule has 3 atom stereocenters. The summed E-state index contributed by atoms with van der Waals surface area (Å²) in [6.45, 7) is 5.57. The van der Waals surface area contributed by atoms with Crippen LogP contribution in [-0.4, -0.2) is 40.6 Å². The molecule has 1 N–H and O–H groups in total. The standard InChI is InChI=1S/C36H31FN4O4S2/c1-3-39(4-2)26-15-10-22(11-16-26)29-30-31(34(44)41(33(30)43)27-17-12-24(37)13-18-27)46-35-32(29)47-36(45)40(35)20-28(42)38-25-14-9-21-7-5-6-8-23(21)19-25/h5-19,29-31H,3-4,20H2,1-2H3,(H,38,42)/t29-,30?,31?/m1/s1. The zero-order valence-electron chi connectivity index (χ0n) is 25.7. The topological polar surface area (TPSA) is 91.7 Å². The Morgan fingerprint density at radius 2 is 1.57 bits per heavy atom. The number of hydrogen-bond donors (Lipinski definition) is 1. The van der Waals surface area contributed by atoms with Crippen molar-refractivity contribution < 1.29 is 18.8 Å². The zero-order chi connectivity index (χ0) is 32.8. The van der Waals surface area contributed by atoms with E-state index in [0.29, 0.717) is 21.3 Å². The van der Waals surface area contributed by atoms with Gasteiger partial charge in [-0.2, -0.15) is 0 Å². The fourth-order valence-electron chi connectivity index (χ4n) is 6.55. The van der Waals surface area contributed by atoms with Crippen LogP contribution in [-0.2, 0) is 20.9 Å². The van der Waals surface area contributed by atoms with E-state index in [1.807, 2.05) is 66.7 Å². The molecule has 4 aromatic carbocycles. The van der Waals surface area contributed by atoms with Crippen molar-refractivity contribution in [2.24, 2.45) is 5.92 Å². The van der Waals surface area contributed by atoms with Gasteiger partial charge in [-0.15, -0.1) is 0 Å². The van der Waals surface area contributed by atoms with E-state index < -0.39 is 34.7 Å². The molecule has 0 saturated carbocycles. The Bertz CT molecular complexity index is 2070. The summed E-state index contributed by atoms with van der Waals surface area (Å²) in [6.07, 6.45) is 0. The van der Waals surface area contributed by atoms with Crippen molar-refractivity contribution in [2.45, 2.75) is 36.6 Å². The van der Waals surface area contributed by atoms with Crippen LogP contribution in [0.4, 0.5) is 21.5 Å². The number of benzene rings is 4. The predicted molar refractivity (Wildman–Crippen MR) is 185 cm³/mol. The van der Waals surface area contributed by atoms with Gasteiger partial charge in [0.15, 0.2) is 0 Å². The highest BCUT2D eigenvalue weighted by Crippen LogP contribution is 2.54. The number of amides is 3. The van der Waals surface area contributed by atoms with Crippen molar-refractivity contribution >= 4 is 68.7 Å². The SMILES string of the molecule is CCN(CC)c1ccc([C@H]2c3sc(=O)n(CC(=O)Nc4ccc5ccccc5c4)c3SC3C(=O)N(c4ccc(F)cc4)C(=O)C32)cc1. The molecule has 8 nitrogen and oxygen atoms in total. The molecule has 1 fully saturated rings. The summed E-state index contributed by atoms with van der Waals surface area (Å²) in [5.41, 5.74) is 2.73. The molecular weight excluding hydrogens is 636 g/mol. The Morgan fingerprint density at radius 1 is 0.872 bits per heavy atom. The van der Waals surface area contributed by atoms with Crippen LogP contribution in [0.25, 0.3) is 10.8 Å². The first-order valence-electron chi connectivity index (χ1n) is 15.4. The second-order valence-corrected chi connectivity index (χ2v) is 13.7. The number of rotatable bonds is 8. The molecule has 0 bridgehead atoms. The van der Waals surface area contributed by atoms with E-state index >= 15 is 0 Å². The van der Waals surface area contributed by atoms with E-state index in [9.17, 15) is 23.6 Å². The van der Waals surface area contributed by atoms with Gasteiger partial charge in [0.25, 0.3) is 0 Å². The lowest BCUT2D eigenvalue weighted by Crippen LogP contribution is -2.33. The molecule has 11 heteroatoms. The van der Waals surface area contributed by atoms with Gasteiger partial charge in [-0.05, 0) is 78.7 Å². The first kappa shape index (κ1) is 30.9. The number of thiazole rings is 1. The molecule has 0 spiro atoms. The fraction of sp³-hybridized carbons (Fsp3) is 0.222. The van der Waals surface area contributed by atoms with Crippen LogP contribution < -0.4 is 20.0 Å². The second-order valence-electron chi connectivity index (χ2n) is 11.5. The number of nitrogens with one attached hydrogen (secondary N) is 1. The quantitative estimate of drug-likeness (QED) is 0.191. The molecule has 3 heterocycles. The van der Waals surface area contributed by atoms with Gasteiger partial charge in [0.2, 0.25) is 17.7 Å². The average Bonchev–Trinajstić information content (AvgIpc) is 3.52. The molecule has 1 aromatic heterocycles. The Balaban J connectivity index is 1.26. The Hall–Kier alpha value is -4.74. The van der Waals surface area contributed by atoms with E-state index in [-0.39, 0.29) is 17.3 Å². The Kier molecular flexibility index (Phi) is 8.19. The minimum atomic E-state index is -0.837. The lowest BCUT2D eigenvalue weighted by Gasteiger charge is -2.31. The summed E-state index contributed by atoms with van der Waals surface area (Å²) in [4.78, 5) is 58.6. The van der Waals surface area contributed by atoms with Crippen LogP contribution in [0.2, 0.25) is 0 Å². The van der Waals surface area contributed by atoms with Gasteiger partial charge in [-0.3, -0.25) is 23.7 Å². The van der Waals surface area contributed by atoms with Crippen LogP contribution in [0.1, 0.15) is 30.2 Å². The van der Waals surface area contributed by atoms with E-state index in [0.717, 1.165) is 63.1 Å². The summed E-state index contributed by atoms with van der Waals surface area (Å²) in [7, 11) is 0. The molecule has 3 amide bonds. The van der Waals surface area contributed by atoms with Gasteiger partial charge >= 0.3 is 4.87 Å². The third-order valence-corrected chi connectivity index (χ3v) is 11.5. The number of halogens is 1. The van der Waals surface area contributed by atoms with Crippen molar-refractivity contribution in [3.63, 3.8) is 0 Å². The highest BCUT2D eigenvalue weighted by molar-refractivity contribution is 8.00. The Labute approximate surface area is 278 Å². The number of anilines is 3. The van der Waals surface area contributed by atoms with Crippen LogP contribution in [0, 0.1) is 11.7 Å². The van der Waals surface area contributed by atoms with Crippen molar-refractivity contribution in [1.82, 2.24) is 4.57 Å². The number of aromatic nitrogens is 1. The third kappa shape index (κ3) is 5.53. The van der Waals surface area contributed by atoms with Crippen LogP contribution in [0.5, 0.6) is 0 Å². The number of carbonyl (C=O) groups excluding carboxylic acids is 3. The summed E-state index contributed by atoms with van der Waals surface area (Å²) in [5, 5.41) is 4.59. The normalized spacial score (nSPS) is 18.7. The van der Waals surface area contributed by atoms with Crippen LogP contribution >= 0.6 is 23.1 Å². The first-order chi connectivity index (χ1) is 22.8. The summed E-state index contributed by atoms with van der Waals surface area (Å²) in [5.74, 6) is -3.07. The molecule has 0 radical (unpaired) electrons. The van der Waals surface area contributed by atoms with Gasteiger partial charge in [-0.25, -0.2) is 9.29 Å². The van der Waals surface area contributed by atoms with Crippen LogP contribution in [0.15, 0.2) is 101 Å². The van der Waals surface area contributed by atoms with Crippen LogP contribution in [0.3, 0.4) is 0 Å². The van der Waals surface area contributed by atoms with Crippen molar-refractivity contribution in [2.75, 3.05) is 28.2 Å². The minimum Gasteiger partial charge on any atom is -0.372 e. The summed E-state index contributed by atoms with van der Waals surface area (Å²) in [6, 6.07) is 26.6. The smallest absolute Gasteiger partial charge is 0.308 e. The lowest BCUT2D eigenvalue weighted by molar-refractivity contribution is -0.122. The Morgan fingerprint density at radius 3 is 2.28 bits per heavy atom. The van der Waals surface area contributed by atoms with Crippen molar-refractivity contribution in [1.29, 1.82) is 0 Å². The van der Waals surface area contributed by atoms with Crippen molar-refractivity contribution in [3.8, 4) is 0 Å². The van der Waals surface area contributed by atoms with E-state index in [2.05, 4.69) is 24.1 Å². The molecule has 47 heavy (non-hydrogen) atoms. The van der Waals surface area contributed by atoms with E-state index in [1.165, 1.54) is 28.8 Å². The molecule has 2 aliphatic rings. The fourth-order valence-corrected chi connectivity index (χ4v) is 9.32. The maximum atomic E-state index is 14.1. The molecule has 5 aromatic rings. The number of thioether (sulfide) groups is 1. The average molecular weight is 667 g/mol. The number of fused-ring (bicyclic) bond motifs is 3. The number of nitrogens with zero attached hydrogens (tertiary/aromatic N) is 3. The molecule has 2 aliphatic heterocycles. The van der Waals surface area contributed by atoms with Crippen molar-refractivity contribution in [3.05, 3.63) is 117 Å². The number of imide groups is 1. The summed E-state index contributed by atoms with van der Waals surface area (Å²) < 4.78 is 15.2. The third-order valence-electron chi connectivity index (χ3n) is 8.85. The predicted octanol–water partition coefficient (Wildman–Crippen LogP) is 6.48.